The lowest BCUT2D eigenvalue weighted by Gasteiger charge is -2.23. The third-order valence-corrected chi connectivity index (χ3v) is 4.83. The predicted molar refractivity (Wildman–Crippen MR) is 94.0 cm³/mol. The van der Waals surface area contributed by atoms with E-state index in [1.165, 1.54) is 24.0 Å². The maximum atomic E-state index is 9.19. The molecule has 0 amide bonds. The first-order chi connectivity index (χ1) is 11.6. The maximum Gasteiger partial charge on any atom is 0.123 e. The minimum atomic E-state index is 0.120. The van der Waals surface area contributed by atoms with E-state index in [4.69, 9.17) is 4.74 Å². The molecule has 0 bridgehead atoms. The SMILES string of the molecule is COc1ccccc1CN(Cc1c(C)nn(CCO)c1C)C1CC1. The summed E-state index contributed by atoms with van der Waals surface area (Å²) in [5.41, 5.74) is 4.73. The van der Waals surface area contributed by atoms with Crippen LogP contribution in [0.15, 0.2) is 24.3 Å². The zero-order valence-electron chi connectivity index (χ0n) is 14.8. The number of benzene rings is 1. The van der Waals surface area contributed by atoms with Gasteiger partial charge < -0.3 is 9.84 Å². The van der Waals surface area contributed by atoms with Gasteiger partial charge in [-0.3, -0.25) is 9.58 Å². The molecule has 24 heavy (non-hydrogen) atoms. The van der Waals surface area contributed by atoms with E-state index in [1.54, 1.807) is 7.11 Å². The zero-order chi connectivity index (χ0) is 17.1. The molecule has 1 aromatic heterocycles. The highest BCUT2D eigenvalue weighted by molar-refractivity contribution is 5.33. The van der Waals surface area contributed by atoms with Crippen LogP contribution in [0.3, 0.4) is 0 Å². The van der Waals surface area contributed by atoms with Crippen molar-refractivity contribution in [2.24, 2.45) is 0 Å². The Labute approximate surface area is 143 Å². The van der Waals surface area contributed by atoms with Gasteiger partial charge in [0.2, 0.25) is 0 Å². The van der Waals surface area contributed by atoms with Gasteiger partial charge in [0.25, 0.3) is 0 Å². The molecule has 1 aromatic carbocycles. The number of ether oxygens (including phenoxy) is 1. The smallest absolute Gasteiger partial charge is 0.123 e. The molecule has 2 aromatic rings. The largest absolute Gasteiger partial charge is 0.496 e. The Morgan fingerprint density at radius 1 is 1.25 bits per heavy atom. The average molecular weight is 329 g/mol. The Morgan fingerprint density at radius 3 is 2.67 bits per heavy atom. The quantitative estimate of drug-likeness (QED) is 0.809. The molecule has 0 unspecified atom stereocenters. The summed E-state index contributed by atoms with van der Waals surface area (Å²) in [7, 11) is 1.73. The number of rotatable bonds is 8. The number of aromatic nitrogens is 2. The number of aryl methyl sites for hydroxylation is 1. The second-order valence-corrected chi connectivity index (χ2v) is 6.54. The summed E-state index contributed by atoms with van der Waals surface area (Å²) in [6.45, 7) is 6.62. The summed E-state index contributed by atoms with van der Waals surface area (Å²) < 4.78 is 7.42. The lowest BCUT2D eigenvalue weighted by molar-refractivity contribution is 0.240. The van der Waals surface area contributed by atoms with Gasteiger partial charge in [0, 0.05) is 36.0 Å². The summed E-state index contributed by atoms with van der Waals surface area (Å²) >= 11 is 0. The number of nitrogens with zero attached hydrogens (tertiary/aromatic N) is 3. The number of para-hydroxylation sites is 1. The minimum absolute atomic E-state index is 0.120. The van der Waals surface area contributed by atoms with Gasteiger partial charge in [0.15, 0.2) is 0 Å². The molecular weight excluding hydrogens is 302 g/mol. The van der Waals surface area contributed by atoms with Crippen molar-refractivity contribution in [3.63, 3.8) is 0 Å². The van der Waals surface area contributed by atoms with E-state index in [-0.39, 0.29) is 6.61 Å². The molecule has 1 aliphatic rings. The molecule has 0 atom stereocenters. The molecule has 0 aliphatic heterocycles. The Morgan fingerprint density at radius 2 is 2.00 bits per heavy atom. The van der Waals surface area contributed by atoms with Crippen molar-refractivity contribution in [2.75, 3.05) is 13.7 Å². The first-order valence-electron chi connectivity index (χ1n) is 8.63. The third-order valence-electron chi connectivity index (χ3n) is 4.83. The second kappa shape index (κ2) is 7.36. The van der Waals surface area contributed by atoms with E-state index in [1.807, 2.05) is 16.8 Å². The number of hydrogen-bond acceptors (Lipinski definition) is 4. The first-order valence-corrected chi connectivity index (χ1v) is 8.63. The van der Waals surface area contributed by atoms with E-state index >= 15 is 0 Å². The number of methoxy groups -OCH3 is 1. The summed E-state index contributed by atoms with van der Waals surface area (Å²) in [4.78, 5) is 2.53. The van der Waals surface area contributed by atoms with E-state index < -0.39 is 0 Å². The topological polar surface area (TPSA) is 50.5 Å². The van der Waals surface area contributed by atoms with Crippen molar-refractivity contribution in [3.8, 4) is 5.75 Å². The van der Waals surface area contributed by atoms with Crippen molar-refractivity contribution in [3.05, 3.63) is 46.8 Å². The van der Waals surface area contributed by atoms with Gasteiger partial charge in [0.05, 0.1) is 26.0 Å². The van der Waals surface area contributed by atoms with Crippen LogP contribution in [-0.2, 0) is 19.6 Å². The van der Waals surface area contributed by atoms with Crippen LogP contribution in [0.25, 0.3) is 0 Å². The molecule has 130 valence electrons. The standard InChI is InChI=1S/C19H27N3O2/c1-14-18(15(2)22(20-14)10-11-23)13-21(17-8-9-17)12-16-6-4-5-7-19(16)24-3/h4-7,17,23H,8-13H2,1-3H3. The number of hydrogen-bond donors (Lipinski definition) is 1. The fourth-order valence-corrected chi connectivity index (χ4v) is 3.28. The Kier molecular flexibility index (Phi) is 5.21. The van der Waals surface area contributed by atoms with Crippen molar-refractivity contribution >= 4 is 0 Å². The highest BCUT2D eigenvalue weighted by Crippen LogP contribution is 2.32. The third kappa shape index (κ3) is 3.62. The van der Waals surface area contributed by atoms with Crippen LogP contribution < -0.4 is 4.74 Å². The normalized spacial score (nSPS) is 14.4. The lowest BCUT2D eigenvalue weighted by Crippen LogP contribution is -2.26. The second-order valence-electron chi connectivity index (χ2n) is 6.54. The van der Waals surface area contributed by atoms with Crippen molar-refractivity contribution in [1.82, 2.24) is 14.7 Å². The summed E-state index contributed by atoms with van der Waals surface area (Å²) in [5, 5.41) is 13.8. The number of aliphatic hydroxyl groups is 1. The highest BCUT2D eigenvalue weighted by Gasteiger charge is 2.30. The molecule has 0 spiro atoms. The van der Waals surface area contributed by atoms with Crippen LogP contribution in [0.2, 0.25) is 0 Å². The van der Waals surface area contributed by atoms with Crippen LogP contribution in [0.5, 0.6) is 5.75 Å². The molecule has 1 N–H and O–H groups in total. The van der Waals surface area contributed by atoms with Gasteiger partial charge >= 0.3 is 0 Å². The summed E-state index contributed by atoms with van der Waals surface area (Å²) in [5.74, 6) is 0.951. The van der Waals surface area contributed by atoms with Crippen LogP contribution in [0.1, 0.15) is 35.4 Å². The Hall–Kier alpha value is -1.85. The molecule has 5 heteroatoms. The predicted octanol–water partition coefficient (Wildman–Crippen LogP) is 2.67. The van der Waals surface area contributed by atoms with Gasteiger partial charge in [0.1, 0.15) is 5.75 Å². The van der Waals surface area contributed by atoms with Crippen molar-refractivity contribution < 1.29 is 9.84 Å². The van der Waals surface area contributed by atoms with Gasteiger partial charge in [-0.1, -0.05) is 18.2 Å². The summed E-state index contributed by atoms with van der Waals surface area (Å²) in [6, 6.07) is 8.89. The molecule has 5 nitrogen and oxygen atoms in total. The molecular formula is C19H27N3O2. The van der Waals surface area contributed by atoms with Crippen molar-refractivity contribution in [2.45, 2.75) is 52.4 Å². The Bertz CT molecular complexity index is 692. The Balaban J connectivity index is 1.80. The van der Waals surface area contributed by atoms with E-state index in [9.17, 15) is 5.11 Å². The maximum absolute atomic E-state index is 9.19. The van der Waals surface area contributed by atoms with Crippen LogP contribution >= 0.6 is 0 Å². The van der Waals surface area contributed by atoms with E-state index in [0.29, 0.717) is 12.6 Å². The van der Waals surface area contributed by atoms with Crippen LogP contribution in [0, 0.1) is 13.8 Å². The fraction of sp³-hybridized carbons (Fsp3) is 0.526. The van der Waals surface area contributed by atoms with Gasteiger partial charge in [-0.15, -0.1) is 0 Å². The fourth-order valence-electron chi connectivity index (χ4n) is 3.28. The molecule has 0 saturated heterocycles. The molecule has 1 saturated carbocycles. The number of aliphatic hydroxyl groups excluding tert-OH is 1. The molecule has 0 radical (unpaired) electrons. The lowest BCUT2D eigenvalue weighted by atomic mass is 10.1. The van der Waals surface area contributed by atoms with Gasteiger partial charge in [-0.2, -0.15) is 5.10 Å². The van der Waals surface area contributed by atoms with Crippen LogP contribution in [-0.4, -0.2) is 39.5 Å². The minimum Gasteiger partial charge on any atom is -0.496 e. The highest BCUT2D eigenvalue weighted by atomic mass is 16.5. The molecule has 1 aliphatic carbocycles. The average Bonchev–Trinajstić information content (AvgIpc) is 3.39. The van der Waals surface area contributed by atoms with E-state index in [2.05, 4.69) is 36.0 Å². The monoisotopic (exact) mass is 329 g/mol. The zero-order valence-corrected chi connectivity index (χ0v) is 14.8. The molecule has 1 heterocycles. The van der Waals surface area contributed by atoms with Crippen molar-refractivity contribution in [1.29, 1.82) is 0 Å². The van der Waals surface area contributed by atoms with Crippen LogP contribution in [0.4, 0.5) is 0 Å². The van der Waals surface area contributed by atoms with Gasteiger partial charge in [-0.25, -0.2) is 0 Å². The molecule has 1 fully saturated rings. The van der Waals surface area contributed by atoms with E-state index in [0.717, 1.165) is 30.2 Å². The van der Waals surface area contributed by atoms with Gasteiger partial charge in [-0.05, 0) is 32.8 Å². The molecule has 3 rings (SSSR count). The first kappa shape index (κ1) is 17.0. The summed E-state index contributed by atoms with van der Waals surface area (Å²) in [6.07, 6.45) is 2.52.